The van der Waals surface area contributed by atoms with Crippen molar-refractivity contribution in [2.45, 2.75) is 17.9 Å². The standard InChI is InChI=1S/C13H9Br2F3S/c1-7-5-10(14)12(19-7)11(15)8-3-2-4-9(6-8)13(16,17)18/h2-6,11H,1H3. The smallest absolute Gasteiger partial charge is 0.166 e. The van der Waals surface area contributed by atoms with Gasteiger partial charge in [0.2, 0.25) is 0 Å². The van der Waals surface area contributed by atoms with E-state index in [4.69, 9.17) is 0 Å². The largest absolute Gasteiger partial charge is 0.416 e. The Labute approximate surface area is 129 Å². The molecule has 0 nitrogen and oxygen atoms in total. The molecule has 0 saturated carbocycles. The highest BCUT2D eigenvalue weighted by Gasteiger charge is 2.31. The average Bonchev–Trinajstić information content (AvgIpc) is 2.66. The van der Waals surface area contributed by atoms with E-state index in [-0.39, 0.29) is 4.83 Å². The fourth-order valence-corrected chi connectivity index (χ4v) is 4.70. The molecule has 0 aliphatic rings. The summed E-state index contributed by atoms with van der Waals surface area (Å²) in [7, 11) is 0. The van der Waals surface area contributed by atoms with Gasteiger partial charge in [-0.15, -0.1) is 11.3 Å². The van der Waals surface area contributed by atoms with Crippen LogP contribution in [0, 0.1) is 6.92 Å². The Kier molecular flexibility index (Phi) is 4.42. The third-order valence-electron chi connectivity index (χ3n) is 2.57. The lowest BCUT2D eigenvalue weighted by Gasteiger charge is -2.12. The number of aryl methyl sites for hydroxylation is 1. The molecule has 1 unspecified atom stereocenters. The van der Waals surface area contributed by atoms with Crippen LogP contribution in [0.5, 0.6) is 0 Å². The summed E-state index contributed by atoms with van der Waals surface area (Å²) in [6.07, 6.45) is -4.31. The number of rotatable bonds is 2. The molecule has 0 radical (unpaired) electrons. The van der Waals surface area contributed by atoms with E-state index in [0.717, 1.165) is 20.3 Å². The van der Waals surface area contributed by atoms with Gasteiger partial charge >= 0.3 is 6.18 Å². The third kappa shape index (κ3) is 3.41. The SMILES string of the molecule is Cc1cc(Br)c(C(Br)c2cccc(C(F)(F)F)c2)s1. The van der Waals surface area contributed by atoms with Crippen LogP contribution in [-0.4, -0.2) is 0 Å². The molecule has 0 bridgehead atoms. The number of alkyl halides is 4. The normalized spacial score (nSPS) is 13.6. The minimum atomic E-state index is -4.31. The number of halogens is 5. The van der Waals surface area contributed by atoms with Gasteiger partial charge in [-0.05, 0) is 40.5 Å². The molecule has 2 rings (SSSR count). The fourth-order valence-electron chi connectivity index (χ4n) is 1.70. The van der Waals surface area contributed by atoms with E-state index in [1.807, 2.05) is 13.0 Å². The monoisotopic (exact) mass is 412 g/mol. The van der Waals surface area contributed by atoms with E-state index in [2.05, 4.69) is 31.9 Å². The number of thiophene rings is 1. The Morgan fingerprint density at radius 2 is 1.89 bits per heavy atom. The maximum absolute atomic E-state index is 12.7. The summed E-state index contributed by atoms with van der Waals surface area (Å²) in [5.41, 5.74) is -0.0313. The lowest BCUT2D eigenvalue weighted by atomic mass is 10.1. The molecule has 0 amide bonds. The van der Waals surface area contributed by atoms with Crippen molar-refractivity contribution in [1.29, 1.82) is 0 Å². The molecule has 102 valence electrons. The van der Waals surface area contributed by atoms with Gasteiger partial charge in [0.05, 0.1) is 10.4 Å². The van der Waals surface area contributed by atoms with Crippen LogP contribution < -0.4 is 0 Å². The predicted octanol–water partition coefficient (Wildman–Crippen LogP) is 6.32. The summed E-state index contributed by atoms with van der Waals surface area (Å²) in [5, 5.41) is 0. The summed E-state index contributed by atoms with van der Waals surface area (Å²) in [4.78, 5) is 1.83. The molecule has 1 atom stereocenters. The maximum Gasteiger partial charge on any atom is 0.416 e. The van der Waals surface area contributed by atoms with E-state index in [1.54, 1.807) is 17.4 Å². The summed E-state index contributed by atoms with van der Waals surface area (Å²) >= 11 is 8.46. The predicted molar refractivity (Wildman–Crippen MR) is 79.0 cm³/mol. The lowest BCUT2D eigenvalue weighted by Crippen LogP contribution is -2.05. The number of benzene rings is 1. The Bertz CT molecular complexity index is 590. The number of hydrogen-bond acceptors (Lipinski definition) is 1. The Hall–Kier alpha value is -0.330. The first kappa shape index (κ1) is 15.1. The molecule has 19 heavy (non-hydrogen) atoms. The Morgan fingerprint density at radius 3 is 2.42 bits per heavy atom. The van der Waals surface area contributed by atoms with Gasteiger partial charge in [-0.3, -0.25) is 0 Å². The van der Waals surface area contributed by atoms with Crippen molar-refractivity contribution in [3.63, 3.8) is 0 Å². The van der Waals surface area contributed by atoms with Crippen molar-refractivity contribution in [3.8, 4) is 0 Å². The lowest BCUT2D eigenvalue weighted by molar-refractivity contribution is -0.137. The quantitative estimate of drug-likeness (QED) is 0.505. The Balaban J connectivity index is 2.39. The molecule has 2 aromatic rings. The molecule has 1 aromatic heterocycles. The van der Waals surface area contributed by atoms with E-state index >= 15 is 0 Å². The zero-order valence-electron chi connectivity index (χ0n) is 9.76. The molecular weight excluding hydrogens is 405 g/mol. The van der Waals surface area contributed by atoms with Crippen LogP contribution in [-0.2, 0) is 6.18 Å². The first-order valence-corrected chi connectivity index (χ1v) is 7.88. The minimum Gasteiger partial charge on any atom is -0.166 e. The van der Waals surface area contributed by atoms with E-state index in [0.29, 0.717) is 5.56 Å². The first-order chi connectivity index (χ1) is 8.79. The zero-order chi connectivity index (χ0) is 14.2. The van der Waals surface area contributed by atoms with Crippen LogP contribution in [0.4, 0.5) is 13.2 Å². The van der Waals surface area contributed by atoms with Crippen LogP contribution in [0.25, 0.3) is 0 Å². The molecule has 0 aliphatic carbocycles. The van der Waals surface area contributed by atoms with E-state index in [1.165, 1.54) is 12.1 Å². The van der Waals surface area contributed by atoms with Crippen LogP contribution in [0.1, 0.15) is 25.7 Å². The van der Waals surface area contributed by atoms with E-state index in [9.17, 15) is 13.2 Å². The van der Waals surface area contributed by atoms with Gasteiger partial charge in [0.15, 0.2) is 0 Å². The van der Waals surface area contributed by atoms with Crippen molar-refractivity contribution in [3.05, 3.63) is 55.7 Å². The second-order valence-corrected chi connectivity index (χ2v) is 7.11. The van der Waals surface area contributed by atoms with Crippen molar-refractivity contribution in [2.24, 2.45) is 0 Å². The molecule has 6 heteroatoms. The van der Waals surface area contributed by atoms with E-state index < -0.39 is 11.7 Å². The van der Waals surface area contributed by atoms with Crippen molar-refractivity contribution in [1.82, 2.24) is 0 Å². The van der Waals surface area contributed by atoms with Crippen LogP contribution in [0.15, 0.2) is 34.8 Å². The second-order valence-electron chi connectivity index (χ2n) is 4.06. The van der Waals surface area contributed by atoms with Crippen molar-refractivity contribution in [2.75, 3.05) is 0 Å². The summed E-state index contributed by atoms with van der Waals surface area (Å²) in [6.45, 7) is 1.96. The molecule has 0 spiro atoms. The maximum atomic E-state index is 12.7. The van der Waals surface area contributed by atoms with Crippen molar-refractivity contribution >= 4 is 43.2 Å². The van der Waals surface area contributed by atoms with Crippen molar-refractivity contribution < 1.29 is 13.2 Å². The van der Waals surface area contributed by atoms with Crippen LogP contribution in [0.2, 0.25) is 0 Å². The zero-order valence-corrected chi connectivity index (χ0v) is 13.8. The highest BCUT2D eigenvalue weighted by Crippen LogP contribution is 2.41. The topological polar surface area (TPSA) is 0 Å². The van der Waals surface area contributed by atoms with Gasteiger partial charge in [0, 0.05) is 14.2 Å². The Morgan fingerprint density at radius 1 is 1.21 bits per heavy atom. The summed E-state index contributed by atoms with van der Waals surface area (Å²) in [6, 6.07) is 7.34. The fraction of sp³-hybridized carbons (Fsp3) is 0.231. The molecular formula is C13H9Br2F3S. The minimum absolute atomic E-state index is 0.247. The number of hydrogen-bond donors (Lipinski definition) is 0. The van der Waals surface area contributed by atoms with Gasteiger partial charge in [0.1, 0.15) is 0 Å². The van der Waals surface area contributed by atoms with Crippen LogP contribution in [0.3, 0.4) is 0 Å². The van der Waals surface area contributed by atoms with Gasteiger partial charge in [0.25, 0.3) is 0 Å². The molecule has 0 saturated heterocycles. The highest BCUT2D eigenvalue weighted by atomic mass is 79.9. The van der Waals surface area contributed by atoms with Gasteiger partial charge in [-0.25, -0.2) is 0 Å². The molecule has 1 heterocycles. The van der Waals surface area contributed by atoms with Crippen LogP contribution >= 0.6 is 43.2 Å². The summed E-state index contributed by atoms with van der Waals surface area (Å²) in [5.74, 6) is 0. The van der Waals surface area contributed by atoms with Gasteiger partial charge < -0.3 is 0 Å². The molecule has 0 aliphatic heterocycles. The average molecular weight is 414 g/mol. The highest BCUT2D eigenvalue weighted by molar-refractivity contribution is 9.11. The second kappa shape index (κ2) is 5.58. The molecule has 0 fully saturated rings. The molecule has 0 N–H and O–H groups in total. The first-order valence-electron chi connectivity index (χ1n) is 5.36. The summed E-state index contributed by atoms with van der Waals surface area (Å²) < 4.78 is 39.0. The van der Waals surface area contributed by atoms with Gasteiger partial charge in [-0.2, -0.15) is 13.2 Å². The third-order valence-corrected chi connectivity index (χ3v) is 5.90. The van der Waals surface area contributed by atoms with Gasteiger partial charge in [-0.1, -0.05) is 34.1 Å². The molecule has 1 aromatic carbocycles.